The number of rotatable bonds is 21. The van der Waals surface area contributed by atoms with E-state index in [0.717, 1.165) is 58.2 Å². The highest BCUT2D eigenvalue weighted by Gasteiger charge is 2.34. The fraction of sp³-hybridized carbons (Fsp3) is 0.929. The molecule has 1 fully saturated rings. The molecule has 1 heterocycles. The van der Waals surface area contributed by atoms with Crippen LogP contribution < -0.4 is 0 Å². The lowest BCUT2D eigenvalue weighted by Gasteiger charge is -2.25. The molecule has 0 aromatic heterocycles. The van der Waals surface area contributed by atoms with Gasteiger partial charge in [0.1, 0.15) is 6.54 Å². The SMILES string of the molecule is CCN1CC(=O)N(CCCCC(C)(C)CCCCOCCCCC(C)(C)CCCCCO)C1=O. The fourth-order valence-electron chi connectivity index (χ4n) is 4.79. The van der Waals surface area contributed by atoms with Crippen LogP contribution in [0.1, 0.15) is 118 Å². The number of hydrogen-bond acceptors (Lipinski definition) is 4. The molecule has 0 aromatic carbocycles. The predicted octanol–water partition coefficient (Wildman–Crippen LogP) is 6.40. The Bertz CT molecular complexity index is 577. The quantitative estimate of drug-likeness (QED) is 0.152. The maximum absolute atomic E-state index is 12.1. The Morgan fingerprint density at radius 1 is 0.765 bits per heavy atom. The van der Waals surface area contributed by atoms with Gasteiger partial charge in [-0.25, -0.2) is 4.79 Å². The van der Waals surface area contributed by atoms with E-state index < -0.39 is 0 Å². The van der Waals surface area contributed by atoms with E-state index >= 15 is 0 Å². The lowest BCUT2D eigenvalue weighted by molar-refractivity contribution is -0.125. The number of imide groups is 1. The molecule has 6 nitrogen and oxygen atoms in total. The van der Waals surface area contributed by atoms with Gasteiger partial charge in [-0.3, -0.25) is 9.69 Å². The first-order valence-corrected chi connectivity index (χ1v) is 13.9. The minimum Gasteiger partial charge on any atom is -0.396 e. The van der Waals surface area contributed by atoms with Gasteiger partial charge >= 0.3 is 6.03 Å². The fourth-order valence-corrected chi connectivity index (χ4v) is 4.79. The zero-order valence-electron chi connectivity index (χ0n) is 23.0. The van der Waals surface area contributed by atoms with Gasteiger partial charge in [0.15, 0.2) is 0 Å². The Kier molecular flexibility index (Phi) is 15.0. The molecular weight excluding hydrogens is 428 g/mol. The summed E-state index contributed by atoms with van der Waals surface area (Å²) in [5.41, 5.74) is 0.688. The van der Waals surface area contributed by atoms with Gasteiger partial charge in [0.25, 0.3) is 0 Å². The van der Waals surface area contributed by atoms with Gasteiger partial charge in [-0.1, -0.05) is 59.8 Å². The largest absolute Gasteiger partial charge is 0.396 e. The van der Waals surface area contributed by atoms with Crippen LogP contribution in [0.5, 0.6) is 0 Å². The standard InChI is InChI=1S/C28H54N2O4/c1-6-29-24-25(32)30(26(29)33)20-12-9-17-28(4,5)19-11-15-23-34-22-14-10-18-27(2,3)16-8-7-13-21-31/h31H,6-24H2,1-5H3. The summed E-state index contributed by atoms with van der Waals surface area (Å²) >= 11 is 0. The van der Waals surface area contributed by atoms with Crippen molar-refractivity contribution < 1.29 is 19.4 Å². The molecule has 1 rings (SSSR count). The normalized spacial score (nSPS) is 15.1. The first-order valence-electron chi connectivity index (χ1n) is 13.9. The monoisotopic (exact) mass is 482 g/mol. The summed E-state index contributed by atoms with van der Waals surface area (Å²) in [6, 6.07) is -0.121. The van der Waals surface area contributed by atoms with Crippen molar-refractivity contribution in [1.82, 2.24) is 9.80 Å². The number of urea groups is 1. The summed E-state index contributed by atoms with van der Waals surface area (Å²) in [5, 5.41) is 8.88. The average molecular weight is 483 g/mol. The van der Waals surface area contributed by atoms with Crippen LogP contribution in [-0.2, 0) is 9.53 Å². The van der Waals surface area contributed by atoms with E-state index in [1.165, 1.54) is 43.4 Å². The minimum atomic E-state index is -0.121. The summed E-state index contributed by atoms with van der Waals surface area (Å²) in [6.45, 7) is 14.7. The zero-order chi connectivity index (χ0) is 25.5. The van der Waals surface area contributed by atoms with Crippen LogP contribution in [-0.4, -0.2) is 66.3 Å². The van der Waals surface area contributed by atoms with Crippen LogP contribution in [0.3, 0.4) is 0 Å². The molecule has 200 valence electrons. The van der Waals surface area contributed by atoms with Crippen molar-refractivity contribution in [3.8, 4) is 0 Å². The second-order valence-electron chi connectivity index (χ2n) is 11.7. The highest BCUT2D eigenvalue weighted by atomic mass is 16.5. The maximum Gasteiger partial charge on any atom is 0.327 e. The number of unbranched alkanes of at least 4 members (excludes halogenated alkanes) is 5. The zero-order valence-corrected chi connectivity index (χ0v) is 23.0. The highest BCUT2D eigenvalue weighted by molar-refractivity contribution is 6.01. The Hall–Kier alpha value is -1.14. The van der Waals surface area contributed by atoms with E-state index in [0.29, 0.717) is 25.1 Å². The third-order valence-electron chi connectivity index (χ3n) is 7.29. The van der Waals surface area contributed by atoms with E-state index in [1.807, 2.05) is 6.92 Å². The van der Waals surface area contributed by atoms with Crippen molar-refractivity contribution in [3.63, 3.8) is 0 Å². The lowest BCUT2D eigenvalue weighted by Crippen LogP contribution is -2.33. The number of likely N-dealkylation sites (N-methyl/N-ethyl adjacent to an activating group) is 1. The molecule has 0 radical (unpaired) electrons. The first-order chi connectivity index (χ1) is 16.1. The van der Waals surface area contributed by atoms with Gasteiger partial charge in [-0.05, 0) is 69.1 Å². The molecule has 34 heavy (non-hydrogen) atoms. The van der Waals surface area contributed by atoms with Gasteiger partial charge in [-0.15, -0.1) is 0 Å². The number of amides is 3. The molecule has 0 aromatic rings. The van der Waals surface area contributed by atoms with Crippen molar-refractivity contribution in [2.24, 2.45) is 10.8 Å². The molecule has 6 heteroatoms. The van der Waals surface area contributed by atoms with Crippen LogP contribution in [0, 0.1) is 10.8 Å². The average Bonchev–Trinajstić information content (AvgIpc) is 3.05. The Balaban J connectivity index is 2.00. The molecule has 0 saturated carbocycles. The molecule has 1 aliphatic rings. The van der Waals surface area contributed by atoms with Gasteiger partial charge in [0, 0.05) is 32.9 Å². The van der Waals surface area contributed by atoms with Gasteiger partial charge in [0.05, 0.1) is 0 Å². The number of ether oxygens (including phenoxy) is 1. The van der Waals surface area contributed by atoms with E-state index in [1.54, 1.807) is 4.90 Å². The Morgan fingerprint density at radius 3 is 1.74 bits per heavy atom. The minimum absolute atomic E-state index is 0.0518. The molecule has 0 spiro atoms. The summed E-state index contributed by atoms with van der Waals surface area (Å²) < 4.78 is 5.87. The Morgan fingerprint density at radius 2 is 1.26 bits per heavy atom. The number of hydrogen-bond donors (Lipinski definition) is 1. The molecule has 1 N–H and O–H groups in total. The molecule has 1 aliphatic heterocycles. The van der Waals surface area contributed by atoms with Crippen molar-refractivity contribution in [2.75, 3.05) is 39.5 Å². The van der Waals surface area contributed by atoms with Crippen molar-refractivity contribution in [3.05, 3.63) is 0 Å². The third kappa shape index (κ3) is 13.1. The summed E-state index contributed by atoms with van der Waals surface area (Å²) in [5.74, 6) is -0.0518. The topological polar surface area (TPSA) is 70.1 Å². The number of aliphatic hydroxyl groups is 1. The first kappa shape index (κ1) is 30.9. The van der Waals surface area contributed by atoms with E-state index in [4.69, 9.17) is 9.84 Å². The van der Waals surface area contributed by atoms with Crippen molar-refractivity contribution in [2.45, 2.75) is 118 Å². The van der Waals surface area contributed by atoms with Gasteiger partial charge in [0.2, 0.25) is 5.91 Å². The molecular formula is C28H54N2O4. The molecule has 3 amide bonds. The second kappa shape index (κ2) is 16.5. The van der Waals surface area contributed by atoms with E-state index in [2.05, 4.69) is 27.7 Å². The molecule has 1 saturated heterocycles. The molecule has 0 unspecified atom stereocenters. The predicted molar refractivity (Wildman–Crippen MR) is 140 cm³/mol. The van der Waals surface area contributed by atoms with Crippen LogP contribution in [0.15, 0.2) is 0 Å². The van der Waals surface area contributed by atoms with E-state index in [9.17, 15) is 9.59 Å². The molecule has 0 aliphatic carbocycles. The maximum atomic E-state index is 12.1. The number of carbonyl (C=O) groups is 2. The van der Waals surface area contributed by atoms with Crippen molar-refractivity contribution in [1.29, 1.82) is 0 Å². The van der Waals surface area contributed by atoms with Crippen LogP contribution in [0.25, 0.3) is 0 Å². The van der Waals surface area contributed by atoms with Crippen LogP contribution >= 0.6 is 0 Å². The molecule has 0 atom stereocenters. The third-order valence-corrected chi connectivity index (χ3v) is 7.29. The van der Waals surface area contributed by atoms with Gasteiger partial charge in [-0.2, -0.15) is 0 Å². The second-order valence-corrected chi connectivity index (χ2v) is 11.7. The number of carbonyl (C=O) groups excluding carboxylic acids is 2. The summed E-state index contributed by atoms with van der Waals surface area (Å²) in [7, 11) is 0. The van der Waals surface area contributed by atoms with Crippen molar-refractivity contribution >= 4 is 11.9 Å². The highest BCUT2D eigenvalue weighted by Crippen LogP contribution is 2.31. The lowest BCUT2D eigenvalue weighted by atomic mass is 9.82. The summed E-state index contributed by atoms with van der Waals surface area (Å²) in [4.78, 5) is 27.1. The van der Waals surface area contributed by atoms with Crippen LogP contribution in [0.2, 0.25) is 0 Å². The number of aliphatic hydroxyl groups excluding tert-OH is 1. The smallest absolute Gasteiger partial charge is 0.327 e. The summed E-state index contributed by atoms with van der Waals surface area (Å²) in [6.07, 6.45) is 14.7. The van der Waals surface area contributed by atoms with Crippen LogP contribution in [0.4, 0.5) is 4.79 Å². The molecule has 0 bridgehead atoms. The Labute approximate surface area is 209 Å². The van der Waals surface area contributed by atoms with Gasteiger partial charge < -0.3 is 14.7 Å². The number of nitrogens with zero attached hydrogens (tertiary/aromatic N) is 2. The van der Waals surface area contributed by atoms with E-state index in [-0.39, 0.29) is 23.9 Å².